The van der Waals surface area contributed by atoms with E-state index < -0.39 is 11.3 Å². The quantitative estimate of drug-likeness (QED) is 0.720. The summed E-state index contributed by atoms with van der Waals surface area (Å²) >= 11 is 5.59. The lowest BCUT2D eigenvalue weighted by atomic mass is 9.95. The molecule has 16 heavy (non-hydrogen) atoms. The lowest BCUT2D eigenvalue weighted by molar-refractivity contribution is -0.119. The van der Waals surface area contributed by atoms with Crippen molar-refractivity contribution in [2.24, 2.45) is 5.92 Å². The molecule has 1 heterocycles. The van der Waals surface area contributed by atoms with Gasteiger partial charge in [0.2, 0.25) is 5.91 Å². The number of carbonyl (C=O) groups is 2. The zero-order valence-corrected chi connectivity index (χ0v) is 10.8. The van der Waals surface area contributed by atoms with Crippen LogP contribution in [0.15, 0.2) is 0 Å². The van der Waals surface area contributed by atoms with Crippen molar-refractivity contribution >= 4 is 23.5 Å². The summed E-state index contributed by atoms with van der Waals surface area (Å²) in [6.07, 6.45) is 2.12. The van der Waals surface area contributed by atoms with Gasteiger partial charge in [-0.3, -0.25) is 10.1 Å². The van der Waals surface area contributed by atoms with Crippen LogP contribution in [0.25, 0.3) is 0 Å². The Hall–Kier alpha value is -0.770. The van der Waals surface area contributed by atoms with E-state index in [0.717, 1.165) is 12.8 Å². The second kappa shape index (κ2) is 5.53. The maximum absolute atomic E-state index is 11.8. The van der Waals surface area contributed by atoms with Crippen LogP contribution in [0.4, 0.5) is 4.79 Å². The van der Waals surface area contributed by atoms with Crippen LogP contribution in [-0.4, -0.2) is 34.8 Å². The van der Waals surface area contributed by atoms with Crippen molar-refractivity contribution in [3.63, 3.8) is 0 Å². The first-order valence-electron chi connectivity index (χ1n) is 5.67. The molecular weight excluding hydrogens is 228 g/mol. The average Bonchev–Trinajstić information content (AvgIpc) is 2.21. The van der Waals surface area contributed by atoms with Crippen molar-refractivity contribution in [3.05, 3.63) is 0 Å². The van der Waals surface area contributed by atoms with E-state index in [9.17, 15) is 9.59 Å². The highest BCUT2D eigenvalue weighted by atomic mass is 35.5. The van der Waals surface area contributed by atoms with Gasteiger partial charge in [0.1, 0.15) is 5.38 Å². The fourth-order valence-corrected chi connectivity index (χ4v) is 1.90. The zero-order valence-electron chi connectivity index (χ0n) is 10.00. The first kappa shape index (κ1) is 13.3. The number of nitrogens with one attached hydrogen (secondary N) is 1. The predicted molar refractivity (Wildman–Crippen MR) is 63.4 cm³/mol. The molecule has 1 fully saturated rings. The molecule has 0 aromatic carbocycles. The molecule has 0 spiro atoms. The summed E-state index contributed by atoms with van der Waals surface area (Å²) in [7, 11) is 0. The van der Waals surface area contributed by atoms with Gasteiger partial charge in [-0.2, -0.15) is 0 Å². The van der Waals surface area contributed by atoms with Gasteiger partial charge in [0.25, 0.3) is 0 Å². The third kappa shape index (κ3) is 3.37. The van der Waals surface area contributed by atoms with Gasteiger partial charge in [-0.15, -0.1) is 11.6 Å². The molecule has 3 unspecified atom stereocenters. The molecule has 5 heteroatoms. The summed E-state index contributed by atoms with van der Waals surface area (Å²) in [5.74, 6) is 0.0579. The van der Waals surface area contributed by atoms with Crippen LogP contribution in [0, 0.1) is 5.92 Å². The maximum Gasteiger partial charge on any atom is 0.324 e. The number of imide groups is 1. The van der Waals surface area contributed by atoms with Gasteiger partial charge >= 0.3 is 6.03 Å². The second-order valence-corrected chi connectivity index (χ2v) is 5.25. The molecule has 4 nitrogen and oxygen atoms in total. The van der Waals surface area contributed by atoms with Gasteiger partial charge in [-0.05, 0) is 32.6 Å². The van der Waals surface area contributed by atoms with E-state index in [1.165, 1.54) is 0 Å². The Morgan fingerprint density at radius 2 is 2.00 bits per heavy atom. The number of amides is 3. The highest BCUT2D eigenvalue weighted by Gasteiger charge is 2.28. The van der Waals surface area contributed by atoms with Crippen molar-refractivity contribution in [1.82, 2.24) is 10.2 Å². The van der Waals surface area contributed by atoms with Gasteiger partial charge in [0.05, 0.1) is 0 Å². The molecule has 1 aliphatic heterocycles. The van der Waals surface area contributed by atoms with Crippen molar-refractivity contribution in [2.45, 2.75) is 45.0 Å². The Kier molecular flexibility index (Phi) is 4.59. The predicted octanol–water partition coefficient (Wildman–Crippen LogP) is 1.97. The molecule has 3 amide bonds. The molecule has 0 saturated carbocycles. The van der Waals surface area contributed by atoms with Gasteiger partial charge < -0.3 is 4.90 Å². The lowest BCUT2D eigenvalue weighted by Crippen LogP contribution is -2.51. The van der Waals surface area contributed by atoms with E-state index in [2.05, 4.69) is 12.2 Å². The normalized spacial score (nSPS) is 27.4. The zero-order chi connectivity index (χ0) is 12.3. The molecular formula is C11H19ClN2O2. The summed E-state index contributed by atoms with van der Waals surface area (Å²) in [6.45, 7) is 6.36. The van der Waals surface area contributed by atoms with Gasteiger partial charge in [-0.25, -0.2) is 4.79 Å². The highest BCUT2D eigenvalue weighted by Crippen LogP contribution is 2.21. The standard InChI is InChI=1S/C11H19ClN2O2/c1-7-4-5-8(2)14(6-7)11(16)13-10(15)9(3)12/h7-9H,4-6H2,1-3H3,(H,13,15,16). The number of hydrogen-bond donors (Lipinski definition) is 1. The number of urea groups is 1. The summed E-state index contributed by atoms with van der Waals surface area (Å²) in [5.41, 5.74) is 0. The van der Waals surface area contributed by atoms with E-state index >= 15 is 0 Å². The summed E-state index contributed by atoms with van der Waals surface area (Å²) < 4.78 is 0. The van der Waals surface area contributed by atoms with Crippen LogP contribution < -0.4 is 5.32 Å². The van der Waals surface area contributed by atoms with Crippen molar-refractivity contribution in [2.75, 3.05) is 6.54 Å². The average molecular weight is 247 g/mol. The Labute approximate surface area is 101 Å². The minimum absolute atomic E-state index is 0.189. The number of alkyl halides is 1. The van der Waals surface area contributed by atoms with Crippen molar-refractivity contribution in [1.29, 1.82) is 0 Å². The molecule has 0 aromatic rings. The summed E-state index contributed by atoms with van der Waals surface area (Å²) in [4.78, 5) is 24.8. The van der Waals surface area contributed by atoms with Crippen molar-refractivity contribution < 1.29 is 9.59 Å². The Morgan fingerprint density at radius 3 is 2.56 bits per heavy atom. The molecule has 1 rings (SSSR count). The molecule has 0 bridgehead atoms. The van der Waals surface area contributed by atoms with Gasteiger partial charge in [0.15, 0.2) is 0 Å². The number of hydrogen-bond acceptors (Lipinski definition) is 2. The third-order valence-electron chi connectivity index (χ3n) is 2.97. The van der Waals surface area contributed by atoms with Crippen LogP contribution in [-0.2, 0) is 4.79 Å². The molecule has 0 aromatic heterocycles. The molecule has 0 aliphatic carbocycles. The summed E-state index contributed by atoms with van der Waals surface area (Å²) in [6, 6.07) is -0.133. The minimum Gasteiger partial charge on any atom is -0.321 e. The highest BCUT2D eigenvalue weighted by molar-refractivity contribution is 6.31. The van der Waals surface area contributed by atoms with E-state index in [1.807, 2.05) is 6.92 Å². The van der Waals surface area contributed by atoms with Crippen LogP contribution in [0.3, 0.4) is 0 Å². The second-order valence-electron chi connectivity index (χ2n) is 4.59. The van der Waals surface area contributed by atoms with Crippen LogP contribution in [0.1, 0.15) is 33.6 Å². The molecule has 92 valence electrons. The number of likely N-dealkylation sites (tertiary alicyclic amines) is 1. The maximum atomic E-state index is 11.8. The number of nitrogens with zero attached hydrogens (tertiary/aromatic N) is 1. The fourth-order valence-electron chi connectivity index (χ4n) is 1.85. The van der Waals surface area contributed by atoms with Crippen molar-refractivity contribution in [3.8, 4) is 0 Å². The topological polar surface area (TPSA) is 49.4 Å². The Balaban J connectivity index is 2.55. The van der Waals surface area contributed by atoms with Gasteiger partial charge in [0, 0.05) is 12.6 Å². The van der Waals surface area contributed by atoms with Crippen LogP contribution >= 0.6 is 11.6 Å². The molecule has 1 aliphatic rings. The van der Waals surface area contributed by atoms with E-state index in [0.29, 0.717) is 12.5 Å². The van der Waals surface area contributed by atoms with E-state index in [1.54, 1.807) is 11.8 Å². The van der Waals surface area contributed by atoms with Gasteiger partial charge in [-0.1, -0.05) is 6.92 Å². The Bertz CT molecular complexity index is 281. The smallest absolute Gasteiger partial charge is 0.321 e. The van der Waals surface area contributed by atoms with E-state index in [4.69, 9.17) is 11.6 Å². The first-order valence-corrected chi connectivity index (χ1v) is 6.11. The van der Waals surface area contributed by atoms with E-state index in [-0.39, 0.29) is 12.1 Å². The number of piperidine rings is 1. The lowest BCUT2D eigenvalue weighted by Gasteiger charge is -2.36. The number of rotatable bonds is 1. The third-order valence-corrected chi connectivity index (χ3v) is 3.17. The molecule has 0 radical (unpaired) electrons. The minimum atomic E-state index is -0.679. The molecule has 1 saturated heterocycles. The summed E-state index contributed by atoms with van der Waals surface area (Å²) in [5, 5.41) is 1.64. The Morgan fingerprint density at radius 1 is 1.38 bits per heavy atom. The number of carbonyl (C=O) groups excluding carboxylic acids is 2. The number of halogens is 1. The SMILES string of the molecule is CC1CCC(C)N(C(=O)NC(=O)C(C)Cl)C1. The molecule has 1 N–H and O–H groups in total. The largest absolute Gasteiger partial charge is 0.324 e. The van der Waals surface area contributed by atoms with Crippen LogP contribution in [0.2, 0.25) is 0 Å². The molecule has 3 atom stereocenters. The van der Waals surface area contributed by atoms with Crippen LogP contribution in [0.5, 0.6) is 0 Å². The fraction of sp³-hybridized carbons (Fsp3) is 0.818. The monoisotopic (exact) mass is 246 g/mol. The first-order chi connectivity index (χ1) is 7.41.